The monoisotopic (exact) mass is 277 g/mol. The lowest BCUT2D eigenvalue weighted by atomic mass is 9.89. The molecule has 1 aliphatic carbocycles. The van der Waals surface area contributed by atoms with Gasteiger partial charge >= 0.3 is 0 Å². The number of ether oxygens (including phenoxy) is 1. The largest absolute Gasteiger partial charge is 0.376 e. The molecular weight excluding hydrogens is 254 g/mol. The minimum absolute atomic E-state index is 0.0217. The number of nitrogens with zero attached hydrogens (tertiary/aromatic N) is 2. The molecule has 5 heteroatoms. The van der Waals surface area contributed by atoms with E-state index in [9.17, 15) is 4.79 Å². The molecule has 1 amide bonds. The van der Waals surface area contributed by atoms with Gasteiger partial charge in [0.15, 0.2) is 0 Å². The average Bonchev–Trinajstić information content (AvgIpc) is 3.04. The first-order chi connectivity index (χ1) is 9.70. The summed E-state index contributed by atoms with van der Waals surface area (Å²) >= 11 is 0. The van der Waals surface area contributed by atoms with Crippen molar-refractivity contribution in [2.24, 2.45) is 5.92 Å². The fourth-order valence-corrected chi connectivity index (χ4v) is 3.06. The van der Waals surface area contributed by atoms with Gasteiger partial charge in [0.2, 0.25) is 5.91 Å². The lowest BCUT2D eigenvalue weighted by Crippen LogP contribution is -2.34. The summed E-state index contributed by atoms with van der Waals surface area (Å²) in [4.78, 5) is 11.9. The molecule has 2 atom stereocenters. The van der Waals surface area contributed by atoms with Gasteiger partial charge < -0.3 is 10.1 Å². The van der Waals surface area contributed by atoms with Crippen molar-refractivity contribution >= 4 is 5.91 Å². The molecule has 2 unspecified atom stereocenters. The normalized spacial score (nSPS) is 25.4. The van der Waals surface area contributed by atoms with Crippen molar-refractivity contribution in [1.29, 1.82) is 0 Å². The van der Waals surface area contributed by atoms with Crippen LogP contribution >= 0.6 is 0 Å². The van der Waals surface area contributed by atoms with Gasteiger partial charge in [-0.25, -0.2) is 0 Å². The zero-order chi connectivity index (χ0) is 13.9. The summed E-state index contributed by atoms with van der Waals surface area (Å²) in [5.41, 5.74) is 2.49. The Labute approximate surface area is 119 Å². The molecule has 1 saturated heterocycles. The van der Waals surface area contributed by atoms with Crippen LogP contribution in [0.25, 0.3) is 0 Å². The van der Waals surface area contributed by atoms with Gasteiger partial charge in [-0.1, -0.05) is 6.92 Å². The Morgan fingerprint density at radius 1 is 1.55 bits per heavy atom. The maximum atomic E-state index is 11.9. The molecule has 3 rings (SSSR count). The van der Waals surface area contributed by atoms with E-state index >= 15 is 0 Å². The quantitative estimate of drug-likeness (QED) is 0.902. The summed E-state index contributed by atoms with van der Waals surface area (Å²) < 4.78 is 7.28. The highest BCUT2D eigenvalue weighted by Gasteiger charge is 2.20. The van der Waals surface area contributed by atoms with Crippen molar-refractivity contribution in [2.45, 2.75) is 51.7 Å². The van der Waals surface area contributed by atoms with E-state index in [1.165, 1.54) is 17.7 Å². The van der Waals surface area contributed by atoms with E-state index in [0.29, 0.717) is 13.1 Å². The van der Waals surface area contributed by atoms with Gasteiger partial charge in [0.1, 0.15) is 6.54 Å². The number of nitrogens with one attached hydrogen (secondary N) is 1. The first kappa shape index (κ1) is 13.6. The Bertz CT molecular complexity index is 477. The maximum Gasteiger partial charge on any atom is 0.241 e. The molecule has 0 radical (unpaired) electrons. The van der Waals surface area contributed by atoms with Crippen LogP contribution in [0.2, 0.25) is 0 Å². The molecule has 2 aliphatic rings. The number of hydrogen-bond acceptors (Lipinski definition) is 3. The number of rotatable bonds is 4. The van der Waals surface area contributed by atoms with Crippen LogP contribution in [0.15, 0.2) is 6.20 Å². The third-order valence-corrected chi connectivity index (χ3v) is 4.22. The smallest absolute Gasteiger partial charge is 0.241 e. The van der Waals surface area contributed by atoms with Crippen LogP contribution < -0.4 is 5.32 Å². The first-order valence-electron chi connectivity index (χ1n) is 7.64. The molecule has 1 N–H and O–H groups in total. The van der Waals surface area contributed by atoms with Gasteiger partial charge in [-0.3, -0.25) is 9.48 Å². The molecule has 5 nitrogen and oxygen atoms in total. The minimum atomic E-state index is 0.0217. The molecule has 0 bridgehead atoms. The van der Waals surface area contributed by atoms with Crippen LogP contribution in [0.4, 0.5) is 0 Å². The second kappa shape index (κ2) is 5.95. The highest BCUT2D eigenvalue weighted by Crippen LogP contribution is 2.23. The molecule has 110 valence electrons. The van der Waals surface area contributed by atoms with E-state index in [0.717, 1.165) is 38.2 Å². The SMILES string of the molecule is CC1CCc2nn(CC(=O)NCC3CCCO3)cc2C1. The predicted molar refractivity (Wildman–Crippen MR) is 75.4 cm³/mol. The van der Waals surface area contributed by atoms with E-state index in [4.69, 9.17) is 4.74 Å². The summed E-state index contributed by atoms with van der Waals surface area (Å²) in [5, 5.41) is 7.47. The summed E-state index contributed by atoms with van der Waals surface area (Å²) in [6, 6.07) is 0. The van der Waals surface area contributed by atoms with Gasteiger partial charge in [-0.2, -0.15) is 5.10 Å². The zero-order valence-electron chi connectivity index (χ0n) is 12.1. The highest BCUT2D eigenvalue weighted by atomic mass is 16.5. The van der Waals surface area contributed by atoms with Gasteiger partial charge in [0.25, 0.3) is 0 Å². The number of aryl methyl sites for hydroxylation is 1. The number of carbonyl (C=O) groups is 1. The topological polar surface area (TPSA) is 56.2 Å². The third-order valence-electron chi connectivity index (χ3n) is 4.22. The second-order valence-corrected chi connectivity index (χ2v) is 6.09. The Morgan fingerprint density at radius 2 is 2.45 bits per heavy atom. The van der Waals surface area contributed by atoms with Crippen LogP contribution in [-0.2, 0) is 28.9 Å². The van der Waals surface area contributed by atoms with Crippen LogP contribution in [0, 0.1) is 5.92 Å². The molecule has 0 aromatic carbocycles. The lowest BCUT2D eigenvalue weighted by Gasteiger charge is -2.15. The zero-order valence-corrected chi connectivity index (χ0v) is 12.1. The van der Waals surface area contributed by atoms with E-state index in [1.54, 1.807) is 4.68 Å². The van der Waals surface area contributed by atoms with Crippen LogP contribution in [-0.4, -0.2) is 34.9 Å². The van der Waals surface area contributed by atoms with Crippen molar-refractivity contribution < 1.29 is 9.53 Å². The fourth-order valence-electron chi connectivity index (χ4n) is 3.06. The summed E-state index contributed by atoms with van der Waals surface area (Å²) in [5.74, 6) is 0.752. The van der Waals surface area contributed by atoms with Crippen molar-refractivity contribution in [3.05, 3.63) is 17.5 Å². The first-order valence-corrected chi connectivity index (χ1v) is 7.64. The molecule has 1 aliphatic heterocycles. The molecule has 1 fully saturated rings. The van der Waals surface area contributed by atoms with E-state index in [-0.39, 0.29) is 12.0 Å². The van der Waals surface area contributed by atoms with Crippen LogP contribution in [0.1, 0.15) is 37.4 Å². The van der Waals surface area contributed by atoms with Crippen molar-refractivity contribution in [3.63, 3.8) is 0 Å². The number of aromatic nitrogens is 2. The van der Waals surface area contributed by atoms with Gasteiger partial charge in [0.05, 0.1) is 11.8 Å². The van der Waals surface area contributed by atoms with E-state index in [2.05, 4.69) is 17.3 Å². The maximum absolute atomic E-state index is 11.9. The molecule has 1 aromatic rings. The Kier molecular flexibility index (Phi) is 4.05. The molecule has 2 heterocycles. The highest BCUT2D eigenvalue weighted by molar-refractivity contribution is 5.75. The predicted octanol–water partition coefficient (Wildman–Crippen LogP) is 1.30. The van der Waals surface area contributed by atoms with Gasteiger partial charge in [0, 0.05) is 19.3 Å². The van der Waals surface area contributed by atoms with Crippen molar-refractivity contribution in [1.82, 2.24) is 15.1 Å². The lowest BCUT2D eigenvalue weighted by molar-refractivity contribution is -0.122. The van der Waals surface area contributed by atoms with Gasteiger partial charge in [-0.05, 0) is 43.6 Å². The molecule has 1 aromatic heterocycles. The number of fused-ring (bicyclic) bond motifs is 1. The molecule has 20 heavy (non-hydrogen) atoms. The number of amides is 1. The summed E-state index contributed by atoms with van der Waals surface area (Å²) in [6.45, 7) is 4.03. The molecular formula is C15H23N3O2. The minimum Gasteiger partial charge on any atom is -0.376 e. The van der Waals surface area contributed by atoms with E-state index in [1.807, 2.05) is 6.20 Å². The van der Waals surface area contributed by atoms with Crippen molar-refractivity contribution in [2.75, 3.05) is 13.2 Å². The third kappa shape index (κ3) is 3.20. The number of hydrogen-bond donors (Lipinski definition) is 1. The van der Waals surface area contributed by atoms with Gasteiger partial charge in [-0.15, -0.1) is 0 Å². The summed E-state index contributed by atoms with van der Waals surface area (Å²) in [6.07, 6.45) is 7.73. The molecule has 0 saturated carbocycles. The Hall–Kier alpha value is -1.36. The van der Waals surface area contributed by atoms with E-state index < -0.39 is 0 Å². The standard InChI is InChI=1S/C15H23N3O2/c1-11-4-5-14-12(7-11)9-18(17-14)10-15(19)16-8-13-3-2-6-20-13/h9,11,13H,2-8,10H2,1H3,(H,16,19). The molecule has 0 spiro atoms. The van der Waals surface area contributed by atoms with Crippen molar-refractivity contribution in [3.8, 4) is 0 Å². The average molecular weight is 277 g/mol. The van der Waals surface area contributed by atoms with Crippen LogP contribution in [0.5, 0.6) is 0 Å². The Morgan fingerprint density at radius 3 is 3.25 bits per heavy atom. The number of carbonyl (C=O) groups excluding carboxylic acids is 1. The Balaban J connectivity index is 1.51. The fraction of sp³-hybridized carbons (Fsp3) is 0.733. The second-order valence-electron chi connectivity index (χ2n) is 6.09. The van der Waals surface area contributed by atoms with Crippen LogP contribution in [0.3, 0.4) is 0 Å². The summed E-state index contributed by atoms with van der Waals surface area (Å²) in [7, 11) is 0.